The molecule has 0 spiro atoms. The van der Waals surface area contributed by atoms with Gasteiger partial charge in [0, 0.05) is 12.5 Å². The van der Waals surface area contributed by atoms with E-state index in [0.29, 0.717) is 6.42 Å². The molecule has 4 nitrogen and oxygen atoms in total. The van der Waals surface area contributed by atoms with Crippen LogP contribution in [0.4, 0.5) is 0 Å². The van der Waals surface area contributed by atoms with Gasteiger partial charge in [-0.1, -0.05) is 6.07 Å². The smallest absolute Gasteiger partial charge is 0.303 e. The number of carboxylic acid groups (broad SMARTS) is 1. The van der Waals surface area contributed by atoms with E-state index >= 15 is 0 Å². The fraction of sp³-hybridized carbons (Fsp3) is 0.500. The average Bonchev–Trinajstić information content (AvgIpc) is 2.69. The Labute approximate surface area is 107 Å². The molecule has 18 heavy (non-hydrogen) atoms. The van der Waals surface area contributed by atoms with Crippen LogP contribution in [-0.2, 0) is 24.1 Å². The van der Waals surface area contributed by atoms with Gasteiger partial charge in [0.15, 0.2) is 0 Å². The highest BCUT2D eigenvalue weighted by Gasteiger charge is 2.23. The minimum absolute atomic E-state index is 0.185. The number of hydrogen-bond donors (Lipinski definition) is 2. The largest absolute Gasteiger partial charge is 0.496 e. The lowest BCUT2D eigenvalue weighted by molar-refractivity contribution is -0.137. The second-order valence-electron chi connectivity index (χ2n) is 4.80. The third kappa shape index (κ3) is 2.64. The average molecular weight is 249 g/mol. The zero-order valence-corrected chi connectivity index (χ0v) is 10.6. The van der Waals surface area contributed by atoms with Gasteiger partial charge in [0.05, 0.1) is 7.11 Å². The van der Waals surface area contributed by atoms with Crippen LogP contribution in [0.15, 0.2) is 12.1 Å². The maximum atomic E-state index is 10.6. The number of methoxy groups -OCH3 is 1. The minimum atomic E-state index is -0.752. The van der Waals surface area contributed by atoms with Crippen molar-refractivity contribution in [1.82, 2.24) is 0 Å². The highest BCUT2D eigenvalue weighted by atomic mass is 16.5. The second-order valence-corrected chi connectivity index (χ2v) is 4.80. The van der Waals surface area contributed by atoms with Crippen molar-refractivity contribution in [2.24, 2.45) is 5.73 Å². The van der Waals surface area contributed by atoms with Gasteiger partial charge in [0.1, 0.15) is 5.75 Å². The molecule has 3 N–H and O–H groups in total. The molecule has 0 saturated carbocycles. The van der Waals surface area contributed by atoms with E-state index in [-0.39, 0.29) is 12.5 Å². The first-order valence-electron chi connectivity index (χ1n) is 6.26. The van der Waals surface area contributed by atoms with Crippen molar-refractivity contribution in [3.8, 4) is 5.75 Å². The van der Waals surface area contributed by atoms with Crippen LogP contribution in [0.2, 0.25) is 0 Å². The zero-order chi connectivity index (χ0) is 13.1. The number of carbonyl (C=O) groups is 1. The van der Waals surface area contributed by atoms with E-state index in [9.17, 15) is 4.79 Å². The van der Waals surface area contributed by atoms with Gasteiger partial charge in [-0.05, 0) is 48.4 Å². The van der Waals surface area contributed by atoms with Gasteiger partial charge in [0.25, 0.3) is 0 Å². The Hall–Kier alpha value is -1.55. The molecule has 1 atom stereocenters. The van der Waals surface area contributed by atoms with Gasteiger partial charge < -0.3 is 15.6 Å². The maximum Gasteiger partial charge on any atom is 0.303 e. The van der Waals surface area contributed by atoms with E-state index in [1.54, 1.807) is 7.11 Å². The second kappa shape index (κ2) is 5.40. The molecule has 2 rings (SSSR count). The lowest BCUT2D eigenvalue weighted by Gasteiger charge is -2.13. The summed E-state index contributed by atoms with van der Waals surface area (Å²) in [5, 5.41) is 8.70. The lowest BCUT2D eigenvalue weighted by Crippen LogP contribution is -2.19. The van der Waals surface area contributed by atoms with Crippen molar-refractivity contribution < 1.29 is 14.6 Å². The van der Waals surface area contributed by atoms with Crippen molar-refractivity contribution >= 4 is 5.97 Å². The molecule has 1 aliphatic rings. The number of benzene rings is 1. The topological polar surface area (TPSA) is 72.5 Å². The summed E-state index contributed by atoms with van der Waals surface area (Å²) in [4.78, 5) is 10.6. The van der Waals surface area contributed by atoms with Crippen molar-refractivity contribution in [2.75, 3.05) is 7.11 Å². The molecule has 0 saturated heterocycles. The Morgan fingerprint density at radius 3 is 2.94 bits per heavy atom. The highest BCUT2D eigenvalue weighted by molar-refractivity contribution is 5.66. The highest BCUT2D eigenvalue weighted by Crippen LogP contribution is 2.32. The Kier molecular flexibility index (Phi) is 3.87. The summed E-state index contributed by atoms with van der Waals surface area (Å²) in [5.74, 6) is 0.103. The van der Waals surface area contributed by atoms with Crippen LogP contribution in [0.1, 0.15) is 29.5 Å². The molecule has 0 heterocycles. The summed E-state index contributed by atoms with van der Waals surface area (Å²) in [6, 6.07) is 4.22. The molecule has 0 radical (unpaired) electrons. The molecule has 0 fully saturated rings. The molecule has 0 amide bonds. The van der Waals surface area contributed by atoms with Crippen LogP contribution >= 0.6 is 0 Å². The van der Waals surface area contributed by atoms with Crippen LogP contribution in [0.25, 0.3) is 0 Å². The Morgan fingerprint density at radius 1 is 1.50 bits per heavy atom. The summed E-state index contributed by atoms with van der Waals surface area (Å²) in [7, 11) is 1.65. The maximum absolute atomic E-state index is 10.6. The van der Waals surface area contributed by atoms with E-state index in [0.717, 1.165) is 30.6 Å². The number of nitrogens with two attached hydrogens (primary N) is 1. The van der Waals surface area contributed by atoms with Crippen molar-refractivity contribution in [1.29, 1.82) is 0 Å². The summed E-state index contributed by atoms with van der Waals surface area (Å²) in [6.45, 7) is 0. The van der Waals surface area contributed by atoms with E-state index in [1.807, 2.05) is 6.07 Å². The van der Waals surface area contributed by atoms with E-state index in [1.165, 1.54) is 11.1 Å². The van der Waals surface area contributed by atoms with E-state index < -0.39 is 5.97 Å². The molecule has 1 aromatic carbocycles. The fourth-order valence-electron chi connectivity index (χ4n) is 2.66. The van der Waals surface area contributed by atoms with Crippen molar-refractivity contribution in [3.63, 3.8) is 0 Å². The minimum Gasteiger partial charge on any atom is -0.496 e. The first-order chi connectivity index (χ1) is 8.61. The van der Waals surface area contributed by atoms with Gasteiger partial charge in [-0.15, -0.1) is 0 Å². The number of ether oxygens (including phenoxy) is 1. The summed E-state index contributed by atoms with van der Waals surface area (Å²) >= 11 is 0. The first-order valence-corrected chi connectivity index (χ1v) is 6.26. The quantitative estimate of drug-likeness (QED) is 0.830. The van der Waals surface area contributed by atoms with Gasteiger partial charge in [-0.2, -0.15) is 0 Å². The molecule has 0 bridgehead atoms. The normalized spacial score (nSPS) is 17.6. The molecule has 1 aromatic rings. The Morgan fingerprint density at radius 2 is 2.28 bits per heavy atom. The third-order valence-electron chi connectivity index (χ3n) is 3.47. The predicted molar refractivity (Wildman–Crippen MR) is 69.0 cm³/mol. The van der Waals surface area contributed by atoms with Crippen LogP contribution in [0.5, 0.6) is 5.75 Å². The van der Waals surface area contributed by atoms with E-state index in [2.05, 4.69) is 6.07 Å². The SMILES string of the molecule is COc1ccc2c(c1CCCC(=O)O)CC(N)C2. The molecular weight excluding hydrogens is 230 g/mol. The summed E-state index contributed by atoms with van der Waals surface area (Å²) in [5.41, 5.74) is 9.69. The number of rotatable bonds is 5. The summed E-state index contributed by atoms with van der Waals surface area (Å²) < 4.78 is 5.38. The monoisotopic (exact) mass is 249 g/mol. The van der Waals surface area contributed by atoms with Gasteiger partial charge in [-0.3, -0.25) is 4.79 Å². The third-order valence-corrected chi connectivity index (χ3v) is 3.47. The van der Waals surface area contributed by atoms with Gasteiger partial charge in [0.2, 0.25) is 0 Å². The van der Waals surface area contributed by atoms with Crippen molar-refractivity contribution in [3.05, 3.63) is 28.8 Å². The predicted octanol–water partition coefficient (Wildman–Crippen LogP) is 1.53. The van der Waals surface area contributed by atoms with Crippen LogP contribution in [-0.4, -0.2) is 24.2 Å². The van der Waals surface area contributed by atoms with E-state index in [4.69, 9.17) is 15.6 Å². The molecule has 0 aliphatic heterocycles. The molecule has 98 valence electrons. The number of fused-ring (bicyclic) bond motifs is 1. The zero-order valence-electron chi connectivity index (χ0n) is 10.6. The van der Waals surface area contributed by atoms with Gasteiger partial charge >= 0.3 is 5.97 Å². The number of hydrogen-bond acceptors (Lipinski definition) is 3. The fourth-order valence-corrected chi connectivity index (χ4v) is 2.66. The van der Waals surface area contributed by atoms with Gasteiger partial charge in [-0.25, -0.2) is 0 Å². The van der Waals surface area contributed by atoms with Crippen LogP contribution in [0.3, 0.4) is 0 Å². The van der Waals surface area contributed by atoms with Crippen LogP contribution < -0.4 is 10.5 Å². The molecular formula is C14H19NO3. The first kappa shape index (κ1) is 12.9. The molecule has 4 heteroatoms. The molecule has 1 aliphatic carbocycles. The number of aliphatic carboxylic acids is 1. The molecule has 1 unspecified atom stereocenters. The van der Waals surface area contributed by atoms with Crippen LogP contribution in [0, 0.1) is 0 Å². The molecule has 0 aromatic heterocycles. The number of carboxylic acids is 1. The summed E-state index contributed by atoms with van der Waals surface area (Å²) in [6.07, 6.45) is 3.35. The lowest BCUT2D eigenvalue weighted by atomic mass is 9.97. The Balaban J connectivity index is 2.21. The van der Waals surface area contributed by atoms with Crippen molar-refractivity contribution in [2.45, 2.75) is 38.1 Å². The standard InChI is InChI=1S/C14H19NO3/c1-18-13-6-5-9-7-10(15)8-12(9)11(13)3-2-4-14(16)17/h5-6,10H,2-4,7-8,15H2,1H3,(H,16,17). The Bertz CT molecular complexity index is 457.